The molecule has 1 rings (SSSR count). The average molecular weight is 185 g/mol. The third kappa shape index (κ3) is 2.05. The molecular weight excluding hydrogens is 174 g/mol. The number of nitrogens with zero attached hydrogens (tertiary/aromatic N) is 1. The Morgan fingerprint density at radius 3 is 2.67 bits per heavy atom. The van der Waals surface area contributed by atoms with E-state index in [0.29, 0.717) is 10.7 Å². The number of hydrogen-bond acceptors (Lipinski definition) is 1. The van der Waals surface area contributed by atoms with Crippen LogP contribution in [0.3, 0.4) is 0 Å². The zero-order valence-corrected chi connectivity index (χ0v) is 7.84. The molecular formula is C9H11ClNO. The van der Waals surface area contributed by atoms with Gasteiger partial charge in [0.15, 0.2) is 0 Å². The lowest BCUT2D eigenvalue weighted by Gasteiger charge is -2.08. The van der Waals surface area contributed by atoms with E-state index in [4.69, 9.17) is 11.6 Å². The summed E-state index contributed by atoms with van der Waals surface area (Å²) in [5.74, 6) is 0.0820. The standard InChI is InChI=1S/C9H11ClNO/c1-6(2)11-7-4-3-5-8(12)9(7)10/h3-6,12H,1-2H3. The molecule has 0 bridgehead atoms. The molecule has 65 valence electrons. The van der Waals surface area contributed by atoms with Crippen LogP contribution in [0.5, 0.6) is 5.75 Å². The number of phenolic OH excluding ortho intramolecular Hbond substituents is 1. The van der Waals surface area contributed by atoms with Crippen molar-refractivity contribution < 1.29 is 5.11 Å². The minimum atomic E-state index is 0.0820. The highest BCUT2D eigenvalue weighted by atomic mass is 35.5. The topological polar surface area (TPSA) is 34.3 Å². The molecule has 0 saturated heterocycles. The van der Waals surface area contributed by atoms with Crippen molar-refractivity contribution in [3.8, 4) is 5.75 Å². The van der Waals surface area contributed by atoms with E-state index in [1.165, 1.54) is 0 Å². The zero-order chi connectivity index (χ0) is 9.14. The fourth-order valence-electron chi connectivity index (χ4n) is 0.886. The van der Waals surface area contributed by atoms with Gasteiger partial charge in [0.05, 0.1) is 5.69 Å². The van der Waals surface area contributed by atoms with Crippen LogP contribution in [0.2, 0.25) is 5.02 Å². The van der Waals surface area contributed by atoms with Crippen molar-refractivity contribution in [2.75, 3.05) is 0 Å². The van der Waals surface area contributed by atoms with Crippen molar-refractivity contribution in [1.29, 1.82) is 0 Å². The maximum atomic E-state index is 9.22. The van der Waals surface area contributed by atoms with Crippen molar-refractivity contribution in [3.63, 3.8) is 0 Å². The summed E-state index contributed by atoms with van der Waals surface area (Å²) in [5, 5.41) is 13.8. The Morgan fingerprint density at radius 2 is 2.08 bits per heavy atom. The molecule has 0 unspecified atom stereocenters. The summed E-state index contributed by atoms with van der Waals surface area (Å²) in [6.45, 7) is 3.92. The normalized spacial score (nSPS) is 10.3. The van der Waals surface area contributed by atoms with Gasteiger partial charge in [-0.3, -0.25) is 5.32 Å². The van der Waals surface area contributed by atoms with Gasteiger partial charge in [-0.1, -0.05) is 17.7 Å². The summed E-state index contributed by atoms with van der Waals surface area (Å²) in [7, 11) is 0. The van der Waals surface area contributed by atoms with Crippen LogP contribution in [-0.2, 0) is 0 Å². The first-order valence-corrected chi connectivity index (χ1v) is 4.17. The molecule has 0 fully saturated rings. The first kappa shape index (κ1) is 9.20. The second-order valence-electron chi connectivity index (χ2n) is 2.83. The van der Waals surface area contributed by atoms with E-state index < -0.39 is 0 Å². The average Bonchev–Trinajstić information content (AvgIpc) is 1.98. The molecule has 0 atom stereocenters. The fraction of sp³-hybridized carbons (Fsp3) is 0.333. The summed E-state index contributed by atoms with van der Waals surface area (Å²) < 4.78 is 0. The van der Waals surface area contributed by atoms with Crippen LogP contribution in [0.4, 0.5) is 5.69 Å². The maximum Gasteiger partial charge on any atom is 0.136 e. The third-order valence-corrected chi connectivity index (χ3v) is 1.74. The van der Waals surface area contributed by atoms with Crippen molar-refractivity contribution in [2.24, 2.45) is 0 Å². The highest BCUT2D eigenvalue weighted by Gasteiger charge is 2.06. The molecule has 3 heteroatoms. The van der Waals surface area contributed by atoms with Crippen LogP contribution in [0.25, 0.3) is 0 Å². The molecule has 1 aromatic carbocycles. The number of aromatic hydroxyl groups is 1. The molecule has 1 radical (unpaired) electrons. The molecule has 2 nitrogen and oxygen atoms in total. The van der Waals surface area contributed by atoms with Gasteiger partial charge >= 0.3 is 0 Å². The minimum Gasteiger partial charge on any atom is -0.506 e. The smallest absolute Gasteiger partial charge is 0.136 e. The second-order valence-corrected chi connectivity index (χ2v) is 3.21. The van der Waals surface area contributed by atoms with Crippen LogP contribution in [-0.4, -0.2) is 11.1 Å². The lowest BCUT2D eigenvalue weighted by atomic mass is 10.2. The van der Waals surface area contributed by atoms with Crippen molar-refractivity contribution in [2.45, 2.75) is 19.9 Å². The number of benzene rings is 1. The first-order chi connectivity index (χ1) is 5.61. The molecule has 1 aromatic rings. The van der Waals surface area contributed by atoms with Gasteiger partial charge in [0.1, 0.15) is 10.8 Å². The first-order valence-electron chi connectivity index (χ1n) is 3.79. The quantitative estimate of drug-likeness (QED) is 0.754. The van der Waals surface area contributed by atoms with Gasteiger partial charge in [-0.2, -0.15) is 0 Å². The van der Waals surface area contributed by atoms with Gasteiger partial charge in [0.2, 0.25) is 0 Å². The molecule has 0 aromatic heterocycles. The second kappa shape index (κ2) is 3.68. The molecule has 0 amide bonds. The molecule has 0 heterocycles. The maximum absolute atomic E-state index is 9.22. The largest absolute Gasteiger partial charge is 0.506 e. The molecule has 0 aliphatic heterocycles. The molecule has 0 aliphatic rings. The van der Waals surface area contributed by atoms with E-state index >= 15 is 0 Å². The van der Waals surface area contributed by atoms with Crippen molar-refractivity contribution in [1.82, 2.24) is 5.32 Å². The monoisotopic (exact) mass is 184 g/mol. The zero-order valence-electron chi connectivity index (χ0n) is 7.08. The lowest BCUT2D eigenvalue weighted by Crippen LogP contribution is -2.08. The van der Waals surface area contributed by atoms with Gasteiger partial charge < -0.3 is 5.11 Å². The lowest BCUT2D eigenvalue weighted by molar-refractivity contribution is 0.475. The van der Waals surface area contributed by atoms with E-state index in [1.807, 2.05) is 13.8 Å². The van der Waals surface area contributed by atoms with Gasteiger partial charge in [-0.15, -0.1) is 0 Å². The Morgan fingerprint density at radius 1 is 1.42 bits per heavy atom. The van der Waals surface area contributed by atoms with Gasteiger partial charge in [-0.25, -0.2) is 0 Å². The molecule has 12 heavy (non-hydrogen) atoms. The Bertz CT molecular complexity index is 273. The SMILES string of the molecule is CC(C)[N]c1cccc(O)c1Cl. The third-order valence-electron chi connectivity index (χ3n) is 1.36. The summed E-state index contributed by atoms with van der Waals surface area (Å²) >= 11 is 5.79. The predicted octanol–water partition coefficient (Wildman–Crippen LogP) is 2.69. The van der Waals surface area contributed by atoms with Crippen LogP contribution < -0.4 is 5.32 Å². The summed E-state index contributed by atoms with van der Waals surface area (Å²) in [6, 6.07) is 5.23. The Kier molecular flexibility index (Phi) is 2.82. The predicted molar refractivity (Wildman–Crippen MR) is 50.0 cm³/mol. The van der Waals surface area contributed by atoms with E-state index in [0.717, 1.165) is 0 Å². The van der Waals surface area contributed by atoms with Crippen LogP contribution >= 0.6 is 11.6 Å². The fourth-order valence-corrected chi connectivity index (χ4v) is 1.06. The van der Waals surface area contributed by atoms with Gasteiger partial charge in [0.25, 0.3) is 0 Å². The van der Waals surface area contributed by atoms with Crippen LogP contribution in [0.15, 0.2) is 18.2 Å². The minimum absolute atomic E-state index is 0.0820. The number of phenols is 1. The highest BCUT2D eigenvalue weighted by Crippen LogP contribution is 2.30. The summed E-state index contributed by atoms with van der Waals surface area (Å²) in [4.78, 5) is 0. The number of halogens is 1. The summed E-state index contributed by atoms with van der Waals surface area (Å²) in [5.41, 5.74) is 0.645. The van der Waals surface area contributed by atoms with Crippen molar-refractivity contribution in [3.05, 3.63) is 23.2 Å². The molecule has 0 saturated carbocycles. The van der Waals surface area contributed by atoms with Crippen molar-refractivity contribution >= 4 is 17.3 Å². The highest BCUT2D eigenvalue weighted by molar-refractivity contribution is 6.34. The van der Waals surface area contributed by atoms with Crippen LogP contribution in [0.1, 0.15) is 13.8 Å². The van der Waals surface area contributed by atoms with Gasteiger partial charge in [0, 0.05) is 6.04 Å². The summed E-state index contributed by atoms with van der Waals surface area (Å²) in [6.07, 6.45) is 0. The van der Waals surface area contributed by atoms with Gasteiger partial charge in [-0.05, 0) is 26.0 Å². The van der Waals surface area contributed by atoms with E-state index in [1.54, 1.807) is 18.2 Å². The molecule has 0 spiro atoms. The molecule has 0 aliphatic carbocycles. The Hall–Kier alpha value is -0.890. The number of hydrogen-bond donors (Lipinski definition) is 1. The Labute approximate surface area is 77.2 Å². The van der Waals surface area contributed by atoms with E-state index in [-0.39, 0.29) is 11.8 Å². The Balaban J connectivity index is 2.92. The van der Waals surface area contributed by atoms with E-state index in [2.05, 4.69) is 5.32 Å². The van der Waals surface area contributed by atoms with Crippen LogP contribution in [0, 0.1) is 0 Å². The van der Waals surface area contributed by atoms with E-state index in [9.17, 15) is 5.11 Å². The number of rotatable bonds is 2. The molecule has 1 N–H and O–H groups in total.